The van der Waals surface area contributed by atoms with Gasteiger partial charge in [-0.1, -0.05) is 26.7 Å². The highest BCUT2D eigenvalue weighted by Crippen LogP contribution is 2.27. The van der Waals surface area contributed by atoms with Crippen molar-refractivity contribution in [3.05, 3.63) is 0 Å². The lowest BCUT2D eigenvalue weighted by Crippen LogP contribution is -2.39. The number of ether oxygens (including phenoxy) is 6. The molecule has 10 nitrogen and oxygen atoms in total. The zero-order valence-electron chi connectivity index (χ0n) is 19.1. The summed E-state index contributed by atoms with van der Waals surface area (Å²) in [5.74, 6) is 0. The van der Waals surface area contributed by atoms with Crippen LogP contribution in [0.25, 0.3) is 0 Å². The first kappa shape index (κ1) is 26.2. The van der Waals surface area contributed by atoms with E-state index in [2.05, 4.69) is 13.8 Å². The van der Waals surface area contributed by atoms with Crippen LogP contribution in [0.15, 0.2) is 0 Å². The molecule has 0 spiro atoms. The molecule has 0 radical (unpaired) electrons. The normalized spacial score (nSPS) is 44.1. The summed E-state index contributed by atoms with van der Waals surface area (Å²) < 4.78 is 32.9. The second-order valence-corrected chi connectivity index (χ2v) is 8.87. The van der Waals surface area contributed by atoms with Crippen LogP contribution in [0.3, 0.4) is 0 Å². The highest BCUT2D eigenvalue weighted by atomic mass is 16.7. The molecule has 4 aliphatic rings. The third-order valence-corrected chi connectivity index (χ3v) is 6.25. The zero-order valence-corrected chi connectivity index (χ0v) is 19.1. The maximum absolute atomic E-state index is 9.67. The lowest BCUT2D eigenvalue weighted by Gasteiger charge is -2.20. The first-order valence-corrected chi connectivity index (χ1v) is 11.9. The van der Waals surface area contributed by atoms with Crippen LogP contribution in [0.1, 0.15) is 52.4 Å². The standard InChI is InChI=1S/2C11H20O5/c2*1-2-3-4-9-14-6-8(16-9)11-10(13)7(12)5-15-11/h2*7-13H,2-6H2,1H3/t2*7?,8?,9?,10-,11-/m11/s1. The van der Waals surface area contributed by atoms with Crippen LogP contribution in [-0.2, 0) is 28.4 Å². The quantitative estimate of drug-likeness (QED) is 0.391. The van der Waals surface area contributed by atoms with E-state index < -0.39 is 36.6 Å². The van der Waals surface area contributed by atoms with Crippen LogP contribution >= 0.6 is 0 Å². The molecule has 32 heavy (non-hydrogen) atoms. The number of aliphatic hydroxyl groups excluding tert-OH is 4. The average molecular weight is 465 g/mol. The first-order chi connectivity index (χ1) is 15.4. The molecule has 0 bridgehead atoms. The van der Waals surface area contributed by atoms with E-state index in [0.717, 1.165) is 38.5 Å². The Morgan fingerprint density at radius 1 is 0.594 bits per heavy atom. The van der Waals surface area contributed by atoms with E-state index >= 15 is 0 Å². The van der Waals surface area contributed by atoms with Gasteiger partial charge in [-0.05, 0) is 25.7 Å². The monoisotopic (exact) mass is 464 g/mol. The Kier molecular flexibility index (Phi) is 10.6. The summed E-state index contributed by atoms with van der Waals surface area (Å²) in [7, 11) is 0. The molecule has 0 aliphatic carbocycles. The summed E-state index contributed by atoms with van der Waals surface area (Å²) in [5.41, 5.74) is 0. The number of hydrogen-bond acceptors (Lipinski definition) is 10. The van der Waals surface area contributed by atoms with Crippen LogP contribution < -0.4 is 0 Å². The van der Waals surface area contributed by atoms with E-state index in [1.54, 1.807) is 0 Å². The maximum atomic E-state index is 9.67. The van der Waals surface area contributed by atoms with Gasteiger partial charge in [0.05, 0.1) is 26.4 Å². The summed E-state index contributed by atoms with van der Waals surface area (Å²) in [4.78, 5) is 0. The largest absolute Gasteiger partial charge is 0.388 e. The van der Waals surface area contributed by atoms with Gasteiger partial charge in [0.2, 0.25) is 0 Å². The SMILES string of the molecule is CCCCC1OCC([C@H]2OCC(O)[C@H]2O)O1.CCCCC1OCC([C@H]2OCC(O)[C@H]2O)O1. The molecule has 4 rings (SSSR count). The van der Waals surface area contributed by atoms with Gasteiger partial charge in [-0.15, -0.1) is 0 Å². The molecule has 10 atom stereocenters. The highest BCUT2D eigenvalue weighted by Gasteiger charge is 2.45. The highest BCUT2D eigenvalue weighted by molar-refractivity contribution is 4.91. The van der Waals surface area contributed by atoms with Gasteiger partial charge in [-0.25, -0.2) is 0 Å². The van der Waals surface area contributed by atoms with Gasteiger partial charge >= 0.3 is 0 Å². The Hall–Kier alpha value is -0.400. The topological polar surface area (TPSA) is 136 Å². The minimum Gasteiger partial charge on any atom is -0.388 e. The van der Waals surface area contributed by atoms with Crippen LogP contribution in [-0.4, -0.2) is 108 Å². The van der Waals surface area contributed by atoms with E-state index in [1.807, 2.05) is 0 Å². The molecule has 4 heterocycles. The fraction of sp³-hybridized carbons (Fsp3) is 1.00. The minimum absolute atomic E-state index is 0.172. The van der Waals surface area contributed by atoms with Gasteiger partial charge < -0.3 is 48.8 Å². The van der Waals surface area contributed by atoms with Crippen molar-refractivity contribution in [2.24, 2.45) is 0 Å². The summed E-state index contributed by atoms with van der Waals surface area (Å²) in [6, 6.07) is 0. The predicted molar refractivity (Wildman–Crippen MR) is 112 cm³/mol. The van der Waals surface area contributed by atoms with Crippen molar-refractivity contribution in [2.45, 2.75) is 114 Å². The Morgan fingerprint density at radius 2 is 1.00 bits per heavy atom. The molecule has 4 aliphatic heterocycles. The lowest BCUT2D eigenvalue weighted by atomic mass is 10.1. The number of unbranched alkanes of at least 4 members (excludes halogenated alkanes) is 2. The molecule has 0 aromatic heterocycles. The molecule has 188 valence electrons. The molecule has 0 saturated carbocycles. The van der Waals surface area contributed by atoms with E-state index in [0.29, 0.717) is 13.2 Å². The van der Waals surface area contributed by atoms with Crippen molar-refractivity contribution in [1.82, 2.24) is 0 Å². The van der Waals surface area contributed by atoms with Gasteiger partial charge in [0.25, 0.3) is 0 Å². The second-order valence-electron chi connectivity index (χ2n) is 8.87. The van der Waals surface area contributed by atoms with E-state index in [4.69, 9.17) is 28.4 Å². The lowest BCUT2D eigenvalue weighted by molar-refractivity contribution is -0.103. The molecular weight excluding hydrogens is 424 g/mol. The van der Waals surface area contributed by atoms with Crippen molar-refractivity contribution < 1.29 is 48.8 Å². The third kappa shape index (κ3) is 6.82. The minimum atomic E-state index is -0.862. The average Bonchev–Trinajstić information content (AvgIpc) is 3.57. The van der Waals surface area contributed by atoms with Crippen LogP contribution in [0.4, 0.5) is 0 Å². The molecular formula is C22H40O10. The zero-order chi connectivity index (χ0) is 23.1. The van der Waals surface area contributed by atoms with E-state index in [-0.39, 0.29) is 38.0 Å². The maximum Gasteiger partial charge on any atom is 0.158 e. The molecule has 0 aromatic carbocycles. The molecule has 0 amide bonds. The Bertz CT molecular complexity index is 491. The Morgan fingerprint density at radius 3 is 1.31 bits per heavy atom. The van der Waals surface area contributed by atoms with Gasteiger partial charge in [-0.2, -0.15) is 0 Å². The Balaban J connectivity index is 0.000000181. The molecule has 4 saturated heterocycles. The van der Waals surface area contributed by atoms with Gasteiger partial charge in [0, 0.05) is 0 Å². The fourth-order valence-corrected chi connectivity index (χ4v) is 4.25. The molecule has 10 heteroatoms. The van der Waals surface area contributed by atoms with Crippen molar-refractivity contribution in [1.29, 1.82) is 0 Å². The predicted octanol–water partition coefficient (Wildman–Crippen LogP) is 0.0774. The summed E-state index contributed by atoms with van der Waals surface area (Å²) in [6.07, 6.45) is 0.968. The van der Waals surface area contributed by atoms with E-state index in [1.165, 1.54) is 0 Å². The molecule has 4 fully saturated rings. The summed E-state index contributed by atoms with van der Waals surface area (Å²) in [5, 5.41) is 38.1. The number of rotatable bonds is 8. The van der Waals surface area contributed by atoms with Gasteiger partial charge in [0.1, 0.15) is 48.8 Å². The summed E-state index contributed by atoms with van der Waals surface area (Å²) in [6.45, 7) is 5.45. The first-order valence-electron chi connectivity index (χ1n) is 11.9. The number of hydrogen-bond donors (Lipinski definition) is 4. The third-order valence-electron chi connectivity index (χ3n) is 6.25. The fourth-order valence-electron chi connectivity index (χ4n) is 4.25. The van der Waals surface area contributed by atoms with Crippen molar-refractivity contribution in [3.8, 4) is 0 Å². The van der Waals surface area contributed by atoms with Gasteiger partial charge in [0.15, 0.2) is 12.6 Å². The van der Waals surface area contributed by atoms with Crippen molar-refractivity contribution in [3.63, 3.8) is 0 Å². The van der Waals surface area contributed by atoms with Crippen LogP contribution in [0, 0.1) is 0 Å². The van der Waals surface area contributed by atoms with Gasteiger partial charge in [-0.3, -0.25) is 0 Å². The Labute approximate surface area is 189 Å². The second kappa shape index (κ2) is 12.9. The summed E-state index contributed by atoms with van der Waals surface area (Å²) >= 11 is 0. The molecule has 0 aromatic rings. The molecule has 6 unspecified atom stereocenters. The van der Waals surface area contributed by atoms with Crippen LogP contribution in [0.5, 0.6) is 0 Å². The smallest absolute Gasteiger partial charge is 0.158 e. The van der Waals surface area contributed by atoms with Crippen molar-refractivity contribution >= 4 is 0 Å². The van der Waals surface area contributed by atoms with E-state index in [9.17, 15) is 20.4 Å². The van der Waals surface area contributed by atoms with Crippen molar-refractivity contribution in [2.75, 3.05) is 26.4 Å². The number of aliphatic hydroxyl groups is 4. The molecule has 4 N–H and O–H groups in total. The van der Waals surface area contributed by atoms with Crippen LogP contribution in [0.2, 0.25) is 0 Å².